The van der Waals surface area contributed by atoms with Crippen LogP contribution in [0.2, 0.25) is 0 Å². The number of hydrogen-bond acceptors (Lipinski definition) is 1. The van der Waals surface area contributed by atoms with Crippen LogP contribution in [-0.4, -0.2) is 24.5 Å². The summed E-state index contributed by atoms with van der Waals surface area (Å²) >= 11 is 0. The summed E-state index contributed by atoms with van der Waals surface area (Å²) in [5.74, 6) is 0.774. The van der Waals surface area contributed by atoms with Crippen molar-refractivity contribution >= 4 is 0 Å². The van der Waals surface area contributed by atoms with Gasteiger partial charge in [-0.2, -0.15) is 0 Å². The standard InChI is InChI=1S/C12H27N/c1-6-7-8-9-10-13(5)12(4)11(2)3/h11-12H,6-10H2,1-5H3. The summed E-state index contributed by atoms with van der Waals surface area (Å²) in [5.41, 5.74) is 0. The molecule has 0 rings (SSSR count). The molecule has 0 saturated heterocycles. The molecule has 0 radical (unpaired) electrons. The van der Waals surface area contributed by atoms with Gasteiger partial charge in [0, 0.05) is 6.04 Å². The van der Waals surface area contributed by atoms with Gasteiger partial charge in [-0.3, -0.25) is 0 Å². The first-order valence-electron chi connectivity index (χ1n) is 5.79. The third-order valence-electron chi connectivity index (χ3n) is 3.02. The van der Waals surface area contributed by atoms with Gasteiger partial charge in [-0.25, -0.2) is 0 Å². The van der Waals surface area contributed by atoms with Gasteiger partial charge in [0.05, 0.1) is 0 Å². The first-order chi connectivity index (χ1) is 6.09. The second kappa shape index (κ2) is 7.37. The van der Waals surface area contributed by atoms with Crippen LogP contribution in [0.3, 0.4) is 0 Å². The first-order valence-corrected chi connectivity index (χ1v) is 5.79. The van der Waals surface area contributed by atoms with Crippen molar-refractivity contribution in [2.24, 2.45) is 5.92 Å². The third kappa shape index (κ3) is 6.09. The van der Waals surface area contributed by atoms with Crippen LogP contribution in [-0.2, 0) is 0 Å². The summed E-state index contributed by atoms with van der Waals surface area (Å²) in [6.07, 6.45) is 5.49. The Hall–Kier alpha value is -0.0400. The highest BCUT2D eigenvalue weighted by Gasteiger charge is 2.11. The fourth-order valence-corrected chi connectivity index (χ4v) is 1.50. The van der Waals surface area contributed by atoms with Gasteiger partial charge in [0.15, 0.2) is 0 Å². The van der Waals surface area contributed by atoms with Crippen molar-refractivity contribution in [3.63, 3.8) is 0 Å². The fourth-order valence-electron chi connectivity index (χ4n) is 1.50. The van der Waals surface area contributed by atoms with Gasteiger partial charge < -0.3 is 4.90 Å². The molecule has 0 aromatic rings. The first kappa shape index (κ1) is 13.0. The van der Waals surface area contributed by atoms with Gasteiger partial charge in [0.25, 0.3) is 0 Å². The SMILES string of the molecule is CCCCCCN(C)C(C)C(C)C. The van der Waals surface area contributed by atoms with Crippen molar-refractivity contribution in [2.45, 2.75) is 59.4 Å². The molecule has 80 valence electrons. The van der Waals surface area contributed by atoms with Crippen LogP contribution in [0.5, 0.6) is 0 Å². The lowest BCUT2D eigenvalue weighted by Crippen LogP contribution is -2.33. The van der Waals surface area contributed by atoms with E-state index < -0.39 is 0 Å². The van der Waals surface area contributed by atoms with E-state index in [1.54, 1.807) is 0 Å². The molecule has 1 nitrogen and oxygen atoms in total. The minimum absolute atomic E-state index is 0.724. The Bertz CT molecular complexity index is 110. The maximum Gasteiger partial charge on any atom is 0.00868 e. The maximum absolute atomic E-state index is 2.49. The Morgan fingerprint density at radius 3 is 2.08 bits per heavy atom. The Morgan fingerprint density at radius 2 is 1.62 bits per heavy atom. The zero-order valence-corrected chi connectivity index (χ0v) is 10.1. The molecule has 0 N–H and O–H groups in total. The zero-order chi connectivity index (χ0) is 10.3. The van der Waals surface area contributed by atoms with E-state index in [0.29, 0.717) is 0 Å². The second-order valence-electron chi connectivity index (χ2n) is 4.53. The average molecular weight is 185 g/mol. The Balaban J connectivity index is 3.44. The number of rotatable bonds is 7. The lowest BCUT2D eigenvalue weighted by Gasteiger charge is -2.27. The zero-order valence-electron chi connectivity index (χ0n) is 10.1. The van der Waals surface area contributed by atoms with Crippen LogP contribution < -0.4 is 0 Å². The highest BCUT2D eigenvalue weighted by molar-refractivity contribution is 4.66. The molecule has 13 heavy (non-hydrogen) atoms. The molecule has 0 bridgehead atoms. The van der Waals surface area contributed by atoms with E-state index in [2.05, 4.69) is 39.6 Å². The molecule has 0 spiro atoms. The van der Waals surface area contributed by atoms with Gasteiger partial charge in [0.2, 0.25) is 0 Å². The van der Waals surface area contributed by atoms with Crippen LogP contribution in [0.4, 0.5) is 0 Å². The molecule has 0 fully saturated rings. The van der Waals surface area contributed by atoms with E-state index in [0.717, 1.165) is 12.0 Å². The summed E-state index contributed by atoms with van der Waals surface area (Å²) < 4.78 is 0. The lowest BCUT2D eigenvalue weighted by atomic mass is 10.0. The topological polar surface area (TPSA) is 3.24 Å². The van der Waals surface area contributed by atoms with E-state index >= 15 is 0 Å². The van der Waals surface area contributed by atoms with Crippen LogP contribution >= 0.6 is 0 Å². The molecular formula is C12H27N. The van der Waals surface area contributed by atoms with Crippen molar-refractivity contribution in [3.8, 4) is 0 Å². The fraction of sp³-hybridized carbons (Fsp3) is 1.00. The molecule has 0 aliphatic rings. The van der Waals surface area contributed by atoms with E-state index in [9.17, 15) is 0 Å². The van der Waals surface area contributed by atoms with Gasteiger partial charge in [-0.1, -0.05) is 40.0 Å². The number of unbranched alkanes of at least 4 members (excludes halogenated alkanes) is 3. The summed E-state index contributed by atoms with van der Waals surface area (Å²) in [7, 11) is 2.25. The highest BCUT2D eigenvalue weighted by Crippen LogP contribution is 2.09. The normalized spacial score (nSPS) is 14.1. The summed E-state index contributed by atoms with van der Waals surface area (Å²) in [4.78, 5) is 2.49. The van der Waals surface area contributed by atoms with Crippen LogP contribution in [0, 0.1) is 5.92 Å². The molecule has 1 heteroatoms. The minimum atomic E-state index is 0.724. The molecule has 0 aromatic carbocycles. The van der Waals surface area contributed by atoms with Crippen LogP contribution in [0.25, 0.3) is 0 Å². The Kier molecular flexibility index (Phi) is 7.35. The lowest BCUT2D eigenvalue weighted by molar-refractivity contribution is 0.204. The molecule has 1 atom stereocenters. The smallest absolute Gasteiger partial charge is 0.00868 e. The molecule has 0 saturated carbocycles. The maximum atomic E-state index is 2.49. The van der Waals surface area contributed by atoms with Crippen LogP contribution in [0.1, 0.15) is 53.4 Å². The molecule has 0 aromatic heterocycles. The Morgan fingerprint density at radius 1 is 1.00 bits per heavy atom. The Labute approximate surface area is 84.5 Å². The van der Waals surface area contributed by atoms with E-state index in [1.807, 2.05) is 0 Å². The minimum Gasteiger partial charge on any atom is -0.303 e. The predicted molar refractivity (Wildman–Crippen MR) is 61.1 cm³/mol. The van der Waals surface area contributed by atoms with Gasteiger partial charge in [0.1, 0.15) is 0 Å². The highest BCUT2D eigenvalue weighted by atomic mass is 15.1. The summed E-state index contributed by atoms with van der Waals surface area (Å²) in [5, 5.41) is 0. The van der Waals surface area contributed by atoms with Crippen molar-refractivity contribution in [2.75, 3.05) is 13.6 Å². The van der Waals surface area contributed by atoms with Crippen LogP contribution in [0.15, 0.2) is 0 Å². The van der Waals surface area contributed by atoms with Gasteiger partial charge in [-0.15, -0.1) is 0 Å². The van der Waals surface area contributed by atoms with Crippen molar-refractivity contribution < 1.29 is 0 Å². The average Bonchev–Trinajstić information content (AvgIpc) is 2.10. The second-order valence-corrected chi connectivity index (χ2v) is 4.53. The van der Waals surface area contributed by atoms with Crippen molar-refractivity contribution in [1.29, 1.82) is 0 Å². The monoisotopic (exact) mass is 185 g/mol. The molecule has 0 amide bonds. The molecular weight excluding hydrogens is 158 g/mol. The number of hydrogen-bond donors (Lipinski definition) is 0. The summed E-state index contributed by atoms with van der Waals surface area (Å²) in [6.45, 7) is 10.4. The third-order valence-corrected chi connectivity index (χ3v) is 3.02. The molecule has 0 heterocycles. The van der Waals surface area contributed by atoms with E-state index in [-0.39, 0.29) is 0 Å². The summed E-state index contributed by atoms with van der Waals surface area (Å²) in [6, 6.07) is 0.724. The molecule has 0 aliphatic carbocycles. The van der Waals surface area contributed by atoms with Gasteiger partial charge in [-0.05, 0) is 32.9 Å². The predicted octanol–water partition coefficient (Wildman–Crippen LogP) is 3.54. The quantitative estimate of drug-likeness (QED) is 0.548. The van der Waals surface area contributed by atoms with Crippen molar-refractivity contribution in [1.82, 2.24) is 4.90 Å². The van der Waals surface area contributed by atoms with E-state index in [1.165, 1.54) is 32.2 Å². The van der Waals surface area contributed by atoms with Crippen molar-refractivity contribution in [3.05, 3.63) is 0 Å². The molecule has 0 aliphatic heterocycles. The largest absolute Gasteiger partial charge is 0.303 e. The molecule has 1 unspecified atom stereocenters. The van der Waals surface area contributed by atoms with E-state index in [4.69, 9.17) is 0 Å². The van der Waals surface area contributed by atoms with Gasteiger partial charge >= 0.3 is 0 Å². The number of nitrogens with zero attached hydrogens (tertiary/aromatic N) is 1.